The zero-order chi connectivity index (χ0) is 13.3. The van der Waals surface area contributed by atoms with Crippen molar-refractivity contribution in [2.45, 2.75) is 12.8 Å². The van der Waals surface area contributed by atoms with Gasteiger partial charge in [0.05, 0.1) is 0 Å². The molecule has 0 saturated heterocycles. The highest BCUT2D eigenvalue weighted by Crippen LogP contribution is 2.43. The van der Waals surface area contributed by atoms with Crippen molar-refractivity contribution in [3.05, 3.63) is 35.1 Å². The first-order chi connectivity index (χ1) is 8.47. The van der Waals surface area contributed by atoms with Crippen LogP contribution in [0.15, 0.2) is 12.1 Å². The average molecular weight is 258 g/mol. The van der Waals surface area contributed by atoms with Gasteiger partial charge in [-0.1, -0.05) is 0 Å². The molecular weight excluding hydrogens is 245 g/mol. The second-order valence-electron chi connectivity index (χ2n) is 4.63. The molecule has 1 aliphatic carbocycles. The highest BCUT2D eigenvalue weighted by molar-refractivity contribution is 5.94. The van der Waals surface area contributed by atoms with E-state index >= 15 is 0 Å². The zero-order valence-electron chi connectivity index (χ0n) is 9.60. The minimum Gasteiger partial charge on any atom is -0.351 e. The molecule has 98 valence electrons. The normalized spacial score (nSPS) is 16.4. The van der Waals surface area contributed by atoms with Gasteiger partial charge in [0.25, 0.3) is 5.91 Å². The molecule has 3 N–H and O–H groups in total. The molecular formula is C12H13F3N2O. The largest absolute Gasteiger partial charge is 0.351 e. The summed E-state index contributed by atoms with van der Waals surface area (Å²) < 4.78 is 39.3. The van der Waals surface area contributed by atoms with Crippen LogP contribution >= 0.6 is 0 Å². The molecule has 6 heteroatoms. The summed E-state index contributed by atoms with van der Waals surface area (Å²) in [5.41, 5.74) is 4.63. The first kappa shape index (κ1) is 12.9. The van der Waals surface area contributed by atoms with Crippen molar-refractivity contribution in [2.75, 3.05) is 13.1 Å². The van der Waals surface area contributed by atoms with E-state index in [-0.39, 0.29) is 12.0 Å². The number of amides is 1. The number of carbonyl (C=O) groups is 1. The summed E-state index contributed by atoms with van der Waals surface area (Å²) in [6.45, 7) is 0.695. The Balaban J connectivity index is 2.09. The fourth-order valence-electron chi connectivity index (χ4n) is 1.75. The fraction of sp³-hybridized carbons (Fsp3) is 0.417. The van der Waals surface area contributed by atoms with Crippen molar-refractivity contribution in [2.24, 2.45) is 11.1 Å². The van der Waals surface area contributed by atoms with Crippen LogP contribution in [0, 0.1) is 22.9 Å². The molecule has 0 aliphatic heterocycles. The van der Waals surface area contributed by atoms with Crippen LogP contribution in [0.3, 0.4) is 0 Å². The maximum Gasteiger partial charge on any atom is 0.257 e. The Morgan fingerprint density at radius 1 is 1.28 bits per heavy atom. The predicted molar refractivity (Wildman–Crippen MR) is 59.4 cm³/mol. The molecule has 0 radical (unpaired) electrons. The Kier molecular flexibility index (Phi) is 3.30. The zero-order valence-corrected chi connectivity index (χ0v) is 9.60. The summed E-state index contributed by atoms with van der Waals surface area (Å²) in [4.78, 5) is 11.6. The molecule has 1 aromatic carbocycles. The maximum atomic E-state index is 13.3. The summed E-state index contributed by atoms with van der Waals surface area (Å²) in [6.07, 6.45) is 1.77. The Labute approximate surface area is 102 Å². The van der Waals surface area contributed by atoms with Gasteiger partial charge < -0.3 is 11.1 Å². The lowest BCUT2D eigenvalue weighted by molar-refractivity contribution is 0.0937. The molecule has 1 fully saturated rings. The van der Waals surface area contributed by atoms with E-state index in [9.17, 15) is 18.0 Å². The number of nitrogens with two attached hydrogens (primary N) is 1. The number of hydrogen-bond acceptors (Lipinski definition) is 2. The number of carbonyl (C=O) groups excluding carboxylic acids is 1. The SMILES string of the molecule is NCC1(CNC(=O)c2c(F)cc(F)cc2F)CC1. The molecule has 2 rings (SSSR count). The highest BCUT2D eigenvalue weighted by Gasteiger charge is 2.41. The minimum absolute atomic E-state index is 0.136. The molecule has 1 aliphatic rings. The van der Waals surface area contributed by atoms with E-state index < -0.39 is 28.9 Å². The first-order valence-corrected chi connectivity index (χ1v) is 5.60. The van der Waals surface area contributed by atoms with Crippen LogP contribution in [-0.2, 0) is 0 Å². The van der Waals surface area contributed by atoms with Gasteiger partial charge in [-0.15, -0.1) is 0 Å². The Bertz CT molecular complexity index is 463. The van der Waals surface area contributed by atoms with E-state index in [4.69, 9.17) is 5.73 Å². The number of benzene rings is 1. The molecule has 1 saturated carbocycles. The van der Waals surface area contributed by atoms with Gasteiger partial charge in [0.2, 0.25) is 0 Å². The van der Waals surface area contributed by atoms with Gasteiger partial charge in [-0.2, -0.15) is 0 Å². The lowest BCUT2D eigenvalue weighted by atomic mass is 10.1. The average Bonchev–Trinajstić information content (AvgIpc) is 3.05. The Hall–Kier alpha value is -1.56. The monoisotopic (exact) mass is 258 g/mol. The second kappa shape index (κ2) is 4.61. The fourth-order valence-corrected chi connectivity index (χ4v) is 1.75. The predicted octanol–water partition coefficient (Wildman–Crippen LogP) is 1.57. The van der Waals surface area contributed by atoms with Crippen LogP contribution in [-0.4, -0.2) is 19.0 Å². The van der Waals surface area contributed by atoms with Gasteiger partial charge in [-0.3, -0.25) is 4.79 Å². The van der Waals surface area contributed by atoms with Crippen molar-refractivity contribution >= 4 is 5.91 Å². The summed E-state index contributed by atoms with van der Waals surface area (Å²) >= 11 is 0. The third-order valence-corrected chi connectivity index (χ3v) is 3.25. The molecule has 0 unspecified atom stereocenters. The van der Waals surface area contributed by atoms with Crippen molar-refractivity contribution in [3.8, 4) is 0 Å². The highest BCUT2D eigenvalue weighted by atomic mass is 19.1. The van der Waals surface area contributed by atoms with E-state index in [0.29, 0.717) is 18.7 Å². The topological polar surface area (TPSA) is 55.1 Å². The standard InChI is InChI=1S/C12H13F3N2O/c13-7-3-8(14)10(9(15)4-7)11(18)17-6-12(5-16)1-2-12/h3-4H,1-2,5-6,16H2,(H,17,18). The maximum absolute atomic E-state index is 13.3. The lowest BCUT2D eigenvalue weighted by Crippen LogP contribution is -2.34. The summed E-state index contributed by atoms with van der Waals surface area (Å²) in [5, 5.41) is 2.43. The number of hydrogen-bond donors (Lipinski definition) is 2. The van der Waals surface area contributed by atoms with Crippen molar-refractivity contribution in [1.29, 1.82) is 0 Å². The number of rotatable bonds is 4. The van der Waals surface area contributed by atoms with Gasteiger partial charge in [0, 0.05) is 24.1 Å². The van der Waals surface area contributed by atoms with Crippen molar-refractivity contribution in [3.63, 3.8) is 0 Å². The van der Waals surface area contributed by atoms with E-state index in [1.165, 1.54) is 0 Å². The van der Waals surface area contributed by atoms with E-state index in [1.807, 2.05) is 0 Å². The van der Waals surface area contributed by atoms with E-state index in [1.54, 1.807) is 0 Å². The van der Waals surface area contributed by atoms with Crippen molar-refractivity contribution in [1.82, 2.24) is 5.32 Å². The third-order valence-electron chi connectivity index (χ3n) is 3.25. The molecule has 18 heavy (non-hydrogen) atoms. The third kappa shape index (κ3) is 2.48. The summed E-state index contributed by atoms with van der Waals surface area (Å²) in [6, 6.07) is 0.960. The van der Waals surface area contributed by atoms with Crippen LogP contribution in [0.4, 0.5) is 13.2 Å². The second-order valence-corrected chi connectivity index (χ2v) is 4.63. The van der Waals surface area contributed by atoms with Crippen LogP contribution in [0.25, 0.3) is 0 Å². The van der Waals surface area contributed by atoms with Crippen LogP contribution < -0.4 is 11.1 Å². The van der Waals surface area contributed by atoms with Gasteiger partial charge >= 0.3 is 0 Å². The molecule has 0 aromatic heterocycles. The molecule has 0 atom stereocenters. The van der Waals surface area contributed by atoms with E-state index in [0.717, 1.165) is 12.8 Å². The number of nitrogens with one attached hydrogen (secondary N) is 1. The molecule has 0 spiro atoms. The number of halogens is 3. The van der Waals surface area contributed by atoms with Gasteiger partial charge in [0.1, 0.15) is 23.0 Å². The molecule has 1 amide bonds. The molecule has 0 heterocycles. The van der Waals surface area contributed by atoms with Crippen LogP contribution in [0.1, 0.15) is 23.2 Å². The Morgan fingerprint density at radius 3 is 2.28 bits per heavy atom. The summed E-state index contributed by atoms with van der Waals surface area (Å²) in [5.74, 6) is -4.35. The van der Waals surface area contributed by atoms with Crippen LogP contribution in [0.2, 0.25) is 0 Å². The smallest absolute Gasteiger partial charge is 0.257 e. The quantitative estimate of drug-likeness (QED) is 0.861. The molecule has 1 aromatic rings. The van der Waals surface area contributed by atoms with Crippen LogP contribution in [0.5, 0.6) is 0 Å². The first-order valence-electron chi connectivity index (χ1n) is 5.60. The van der Waals surface area contributed by atoms with Gasteiger partial charge in [0.15, 0.2) is 0 Å². The molecule has 3 nitrogen and oxygen atoms in total. The summed E-state index contributed by atoms with van der Waals surface area (Å²) in [7, 11) is 0. The van der Waals surface area contributed by atoms with Gasteiger partial charge in [-0.05, 0) is 19.4 Å². The van der Waals surface area contributed by atoms with Gasteiger partial charge in [-0.25, -0.2) is 13.2 Å². The minimum atomic E-state index is -1.21. The lowest BCUT2D eigenvalue weighted by Gasteiger charge is -2.13. The Morgan fingerprint density at radius 2 is 1.83 bits per heavy atom. The van der Waals surface area contributed by atoms with E-state index in [2.05, 4.69) is 5.32 Å². The van der Waals surface area contributed by atoms with Crippen molar-refractivity contribution < 1.29 is 18.0 Å². The molecule has 0 bridgehead atoms.